The van der Waals surface area contributed by atoms with Crippen molar-refractivity contribution in [2.24, 2.45) is 0 Å². The average Bonchev–Trinajstić information content (AvgIpc) is 2.90. The lowest BCUT2D eigenvalue weighted by atomic mass is 10.3. The highest BCUT2D eigenvalue weighted by atomic mass is 32.9. The summed E-state index contributed by atoms with van der Waals surface area (Å²) in [5.41, 5.74) is 2.43. The van der Waals surface area contributed by atoms with Gasteiger partial charge in [0.05, 0.1) is 23.1 Å². The minimum Gasteiger partial charge on any atom is -0.195 e. The van der Waals surface area contributed by atoms with Gasteiger partial charge in [0, 0.05) is 21.1 Å². The maximum atomic E-state index is 2.21. The summed E-state index contributed by atoms with van der Waals surface area (Å²) < 4.78 is 4.41. The third-order valence-corrected chi connectivity index (χ3v) is 6.24. The summed E-state index contributed by atoms with van der Waals surface area (Å²) in [5, 5.41) is 0. The molecule has 3 rings (SSSR count). The molecular formula is C12H10N2S3. The summed E-state index contributed by atoms with van der Waals surface area (Å²) >= 11 is 1.71. The Labute approximate surface area is 111 Å². The molecule has 0 aliphatic carbocycles. The van der Waals surface area contributed by atoms with E-state index in [-0.39, 0.29) is 0 Å². The Bertz CT molecular complexity index is 554. The Morgan fingerprint density at radius 2 is 1.00 bits per heavy atom. The van der Waals surface area contributed by atoms with E-state index in [1.165, 1.54) is 11.4 Å². The van der Waals surface area contributed by atoms with Crippen LogP contribution in [0.3, 0.4) is 0 Å². The van der Waals surface area contributed by atoms with Gasteiger partial charge in [-0.15, -0.1) is 0 Å². The molecule has 0 aliphatic rings. The summed E-state index contributed by atoms with van der Waals surface area (Å²) in [6, 6.07) is 20.8. The SMILES string of the molecule is c1ccc(-n2ssn(-c3ccccc3)s2)cc1. The summed E-state index contributed by atoms with van der Waals surface area (Å²) in [4.78, 5) is 0. The van der Waals surface area contributed by atoms with Gasteiger partial charge in [0.15, 0.2) is 0 Å². The van der Waals surface area contributed by atoms with Crippen LogP contribution in [-0.2, 0) is 0 Å². The highest BCUT2D eigenvalue weighted by molar-refractivity contribution is 7.68. The molecule has 5 heteroatoms. The monoisotopic (exact) mass is 278 g/mol. The van der Waals surface area contributed by atoms with Gasteiger partial charge in [-0.25, -0.2) is 0 Å². The first-order chi connectivity index (χ1) is 8.43. The van der Waals surface area contributed by atoms with Gasteiger partial charge >= 0.3 is 0 Å². The third-order valence-electron chi connectivity index (χ3n) is 2.25. The zero-order valence-electron chi connectivity index (χ0n) is 8.89. The lowest BCUT2D eigenvalue weighted by molar-refractivity contribution is 1.29. The van der Waals surface area contributed by atoms with Crippen molar-refractivity contribution in [1.82, 2.24) is 6.69 Å². The Kier molecular flexibility index (Phi) is 3.13. The smallest absolute Gasteiger partial charge is 0.0701 e. The van der Waals surface area contributed by atoms with E-state index in [4.69, 9.17) is 0 Å². The van der Waals surface area contributed by atoms with Crippen molar-refractivity contribution in [1.29, 1.82) is 0 Å². The van der Waals surface area contributed by atoms with Gasteiger partial charge in [-0.1, -0.05) is 36.4 Å². The van der Waals surface area contributed by atoms with Gasteiger partial charge in [-0.2, -0.15) is 6.69 Å². The van der Waals surface area contributed by atoms with E-state index in [1.54, 1.807) is 32.8 Å². The molecule has 0 N–H and O–H groups in total. The van der Waals surface area contributed by atoms with Crippen LogP contribution >= 0.6 is 32.8 Å². The zero-order valence-corrected chi connectivity index (χ0v) is 11.3. The van der Waals surface area contributed by atoms with Crippen LogP contribution in [0.1, 0.15) is 0 Å². The van der Waals surface area contributed by atoms with Crippen LogP contribution in [0.15, 0.2) is 60.7 Å². The van der Waals surface area contributed by atoms with Gasteiger partial charge in [-0.3, -0.25) is 0 Å². The van der Waals surface area contributed by atoms with E-state index in [0.717, 1.165) is 0 Å². The third kappa shape index (κ3) is 2.36. The normalized spacial score (nSPS) is 10.4. The van der Waals surface area contributed by atoms with Crippen molar-refractivity contribution in [2.75, 3.05) is 0 Å². The molecule has 1 heterocycles. The molecule has 0 fully saturated rings. The van der Waals surface area contributed by atoms with Crippen LogP contribution in [0.2, 0.25) is 0 Å². The number of rotatable bonds is 2. The predicted molar refractivity (Wildman–Crippen MR) is 76.4 cm³/mol. The fraction of sp³-hybridized carbons (Fsp3) is 0. The highest BCUT2D eigenvalue weighted by Gasteiger charge is 2.01. The number of para-hydroxylation sites is 2. The van der Waals surface area contributed by atoms with Crippen LogP contribution in [0, 0.1) is 0 Å². The van der Waals surface area contributed by atoms with E-state index < -0.39 is 0 Å². The molecule has 0 atom stereocenters. The molecule has 2 aromatic carbocycles. The fourth-order valence-electron chi connectivity index (χ4n) is 1.43. The van der Waals surface area contributed by atoms with Crippen LogP contribution in [0.25, 0.3) is 11.4 Å². The highest BCUT2D eigenvalue weighted by Crippen LogP contribution is 2.24. The molecule has 86 valence electrons. The molecule has 0 bridgehead atoms. The van der Waals surface area contributed by atoms with Crippen LogP contribution in [0.5, 0.6) is 0 Å². The van der Waals surface area contributed by atoms with Crippen LogP contribution in [-0.4, -0.2) is 6.69 Å². The first kappa shape index (κ1) is 10.8. The largest absolute Gasteiger partial charge is 0.195 e. The maximum Gasteiger partial charge on any atom is 0.0701 e. The second kappa shape index (κ2) is 4.91. The summed E-state index contributed by atoms with van der Waals surface area (Å²) in [5.74, 6) is 0. The number of benzene rings is 2. The van der Waals surface area contributed by atoms with Crippen molar-refractivity contribution in [3.8, 4) is 11.4 Å². The molecule has 3 aromatic rings. The van der Waals surface area contributed by atoms with Crippen molar-refractivity contribution < 1.29 is 0 Å². The van der Waals surface area contributed by atoms with Crippen LogP contribution < -0.4 is 0 Å². The quantitative estimate of drug-likeness (QED) is 0.607. The molecule has 1 aromatic heterocycles. The van der Waals surface area contributed by atoms with E-state index in [9.17, 15) is 0 Å². The molecule has 0 radical (unpaired) electrons. The minimum atomic E-state index is 1.22. The maximum absolute atomic E-state index is 2.21. The van der Waals surface area contributed by atoms with Crippen molar-refractivity contribution in [3.63, 3.8) is 0 Å². The van der Waals surface area contributed by atoms with Crippen LogP contribution in [0.4, 0.5) is 0 Å². The summed E-state index contributed by atoms with van der Waals surface area (Å²) in [6.45, 7) is 0. The number of hydrogen-bond acceptors (Lipinski definition) is 3. The number of hydrogen-bond donors (Lipinski definition) is 0. The molecular weight excluding hydrogens is 268 g/mol. The first-order valence-corrected chi connectivity index (χ1v) is 7.96. The lowest BCUT2D eigenvalue weighted by Crippen LogP contribution is -1.86. The van der Waals surface area contributed by atoms with Crippen molar-refractivity contribution >= 4 is 32.8 Å². The number of nitrogens with zero attached hydrogens (tertiary/aromatic N) is 2. The second-order valence-electron chi connectivity index (χ2n) is 3.42. The van der Waals surface area contributed by atoms with Gasteiger partial charge in [0.25, 0.3) is 0 Å². The Balaban J connectivity index is 1.99. The Hall–Kier alpha value is -1.30. The topological polar surface area (TPSA) is 9.86 Å². The average molecular weight is 278 g/mol. The molecule has 0 unspecified atom stereocenters. The zero-order chi connectivity index (χ0) is 11.5. The Morgan fingerprint density at radius 1 is 0.588 bits per heavy atom. The number of aromatic nitrogens is 2. The second-order valence-corrected chi connectivity index (χ2v) is 6.69. The van der Waals surface area contributed by atoms with Gasteiger partial charge in [-0.05, 0) is 24.3 Å². The molecule has 2 nitrogen and oxygen atoms in total. The molecule has 0 amide bonds. The van der Waals surface area contributed by atoms with Crippen molar-refractivity contribution in [2.45, 2.75) is 0 Å². The predicted octanol–water partition coefficient (Wildman–Crippen LogP) is 4.58. The van der Waals surface area contributed by atoms with Gasteiger partial charge < -0.3 is 0 Å². The molecule has 0 saturated carbocycles. The van der Waals surface area contributed by atoms with Crippen molar-refractivity contribution in [3.05, 3.63) is 60.7 Å². The van der Waals surface area contributed by atoms with E-state index in [1.807, 2.05) is 12.1 Å². The lowest BCUT2D eigenvalue weighted by Gasteiger charge is -1.98. The van der Waals surface area contributed by atoms with Gasteiger partial charge in [0.1, 0.15) is 0 Å². The van der Waals surface area contributed by atoms with E-state index in [0.29, 0.717) is 0 Å². The van der Waals surface area contributed by atoms with E-state index >= 15 is 0 Å². The molecule has 0 spiro atoms. The van der Waals surface area contributed by atoms with E-state index in [2.05, 4.69) is 55.2 Å². The summed E-state index contributed by atoms with van der Waals surface area (Å²) in [7, 11) is 3.47. The van der Waals surface area contributed by atoms with Gasteiger partial charge in [0.2, 0.25) is 0 Å². The molecule has 17 heavy (non-hydrogen) atoms. The Morgan fingerprint density at radius 3 is 1.41 bits per heavy atom. The standard InChI is InChI=1S/C12H10N2S3/c1-3-7-11(8-4-1)13-15-14(17-16-13)12-9-5-2-6-10-12/h1-10H. The first-order valence-electron chi connectivity index (χ1n) is 5.17. The molecule has 0 saturated heterocycles. The summed E-state index contributed by atoms with van der Waals surface area (Å²) in [6.07, 6.45) is 0. The minimum absolute atomic E-state index is 1.22. The molecule has 0 aliphatic heterocycles. The fourth-order valence-corrected chi connectivity index (χ4v) is 5.14.